The number of hydrogen-bond donors (Lipinski definition) is 5. The second kappa shape index (κ2) is 7.73. The smallest absolute Gasteiger partial charge is 0.259 e. The molecule has 2 aromatic rings. The molecule has 1 amide bonds. The van der Waals surface area contributed by atoms with Gasteiger partial charge >= 0.3 is 0 Å². The highest BCUT2D eigenvalue weighted by Crippen LogP contribution is 2.40. The average Bonchev–Trinajstić information content (AvgIpc) is 3.24. The summed E-state index contributed by atoms with van der Waals surface area (Å²) in [7, 11) is -8.71. The molecule has 1 saturated heterocycles. The van der Waals surface area contributed by atoms with Crippen LogP contribution in [0, 0.1) is 5.41 Å². The topological polar surface area (TPSA) is 226 Å². The predicted octanol–water partition coefficient (Wildman–Crippen LogP) is -1.66. The van der Waals surface area contributed by atoms with E-state index in [0.717, 1.165) is 0 Å². The van der Waals surface area contributed by atoms with Crippen LogP contribution in [-0.4, -0.2) is 73.4 Å². The molecule has 34 heavy (non-hydrogen) atoms. The number of nitrogens with zero attached hydrogens (tertiary/aromatic N) is 4. The minimum atomic E-state index is -4.62. The third kappa shape index (κ3) is 3.47. The number of aromatic amines is 1. The van der Waals surface area contributed by atoms with Crippen LogP contribution in [0.5, 0.6) is 0 Å². The first kappa shape index (κ1) is 22.2. The number of aromatic nitrogens is 4. The Morgan fingerprint density at radius 3 is 2.53 bits per heavy atom. The SMILES string of the molecule is N=C1N=C2C(=CC=CC2c2ccc(S(=O)(=O)C3CNC3)c(S(N)(=O)=O)c2-c2nn[nH]n2)C(=O)N1. The van der Waals surface area contributed by atoms with E-state index >= 15 is 0 Å². The molecule has 6 N–H and O–H groups in total. The lowest BCUT2D eigenvalue weighted by molar-refractivity contribution is -0.115. The molecule has 1 unspecified atom stereocenters. The first-order valence-corrected chi connectivity index (χ1v) is 12.9. The number of allylic oxidation sites excluding steroid dienone is 3. The number of nitrogens with two attached hydrogens (primary N) is 1. The molecular weight excluding hydrogens is 486 g/mol. The molecule has 0 radical (unpaired) electrons. The van der Waals surface area contributed by atoms with E-state index in [1.54, 1.807) is 12.2 Å². The first-order valence-electron chi connectivity index (χ1n) is 9.84. The van der Waals surface area contributed by atoms with Gasteiger partial charge in [-0.15, -0.1) is 10.2 Å². The van der Waals surface area contributed by atoms with Crippen LogP contribution in [0.1, 0.15) is 11.5 Å². The molecule has 0 spiro atoms. The van der Waals surface area contributed by atoms with Gasteiger partial charge in [0.25, 0.3) is 5.91 Å². The zero-order valence-corrected chi connectivity index (χ0v) is 18.8. The molecule has 3 heterocycles. The fraction of sp³-hybridized carbons (Fsp3) is 0.222. The van der Waals surface area contributed by atoms with Crippen molar-refractivity contribution in [2.45, 2.75) is 21.0 Å². The lowest BCUT2D eigenvalue weighted by Crippen LogP contribution is -2.51. The van der Waals surface area contributed by atoms with Crippen molar-refractivity contribution in [3.63, 3.8) is 0 Å². The van der Waals surface area contributed by atoms with Gasteiger partial charge in [-0.3, -0.25) is 15.5 Å². The lowest BCUT2D eigenvalue weighted by atomic mass is 9.83. The highest BCUT2D eigenvalue weighted by atomic mass is 32.2. The van der Waals surface area contributed by atoms with Crippen molar-refractivity contribution in [3.05, 3.63) is 41.5 Å². The van der Waals surface area contributed by atoms with Crippen molar-refractivity contribution >= 4 is 37.4 Å². The molecule has 14 nitrogen and oxygen atoms in total. The second-order valence-corrected chi connectivity index (χ2v) is 11.4. The summed E-state index contributed by atoms with van der Waals surface area (Å²) in [4.78, 5) is 15.4. The number of carbonyl (C=O) groups excluding carboxylic acids is 1. The van der Waals surface area contributed by atoms with Gasteiger partial charge in [0, 0.05) is 24.6 Å². The molecular formula is C18H17N9O5S2. The summed E-state index contributed by atoms with van der Waals surface area (Å²) >= 11 is 0. The quantitative estimate of drug-likeness (QED) is 0.314. The maximum absolute atomic E-state index is 13.3. The van der Waals surface area contributed by atoms with E-state index < -0.39 is 46.7 Å². The monoisotopic (exact) mass is 503 g/mol. The van der Waals surface area contributed by atoms with Crippen molar-refractivity contribution in [1.29, 1.82) is 5.41 Å². The van der Waals surface area contributed by atoms with Crippen LogP contribution >= 0.6 is 0 Å². The molecule has 0 bridgehead atoms. The minimum absolute atomic E-state index is 0.166. The molecule has 16 heteroatoms. The number of nitrogens with one attached hydrogen (secondary N) is 4. The summed E-state index contributed by atoms with van der Waals surface area (Å²) in [6.07, 6.45) is 4.72. The number of aliphatic imine (C=N–C) groups is 1. The van der Waals surface area contributed by atoms with E-state index in [2.05, 4.69) is 36.3 Å². The molecule has 1 fully saturated rings. The summed E-state index contributed by atoms with van der Waals surface area (Å²) in [6.45, 7) is 0.332. The number of hydrogen-bond acceptors (Lipinski definition) is 10. The Morgan fingerprint density at radius 2 is 1.91 bits per heavy atom. The van der Waals surface area contributed by atoms with Crippen LogP contribution in [0.3, 0.4) is 0 Å². The number of carbonyl (C=O) groups is 1. The third-order valence-corrected chi connectivity index (χ3v) is 8.96. The van der Waals surface area contributed by atoms with Crippen molar-refractivity contribution in [2.75, 3.05) is 13.1 Å². The van der Waals surface area contributed by atoms with Crippen LogP contribution in [0.2, 0.25) is 0 Å². The summed E-state index contributed by atoms with van der Waals surface area (Å²) in [6, 6.07) is 2.59. The summed E-state index contributed by atoms with van der Waals surface area (Å²) in [5, 5.41) is 31.1. The Labute approximate surface area is 192 Å². The Kier molecular flexibility index (Phi) is 5.05. The second-order valence-electron chi connectivity index (χ2n) is 7.71. The number of guanidine groups is 1. The molecule has 5 rings (SSSR count). The van der Waals surface area contributed by atoms with E-state index in [-0.39, 0.29) is 47.3 Å². The van der Waals surface area contributed by atoms with Gasteiger partial charge in [-0.1, -0.05) is 18.2 Å². The number of sulfonamides is 1. The predicted molar refractivity (Wildman–Crippen MR) is 118 cm³/mol. The normalized spacial score (nSPS) is 20.8. The number of tetrazole rings is 1. The molecule has 0 saturated carbocycles. The lowest BCUT2D eigenvalue weighted by Gasteiger charge is -2.29. The molecule has 1 aromatic heterocycles. The van der Waals surface area contributed by atoms with Gasteiger partial charge in [0.1, 0.15) is 4.90 Å². The number of rotatable bonds is 5. The Bertz CT molecular complexity index is 1540. The highest BCUT2D eigenvalue weighted by molar-refractivity contribution is 7.94. The van der Waals surface area contributed by atoms with E-state index in [0.29, 0.717) is 0 Å². The molecule has 176 valence electrons. The maximum atomic E-state index is 13.3. The van der Waals surface area contributed by atoms with Gasteiger partial charge < -0.3 is 5.32 Å². The van der Waals surface area contributed by atoms with Gasteiger partial charge in [0.05, 0.1) is 21.4 Å². The van der Waals surface area contributed by atoms with Gasteiger partial charge in [0.15, 0.2) is 9.84 Å². The van der Waals surface area contributed by atoms with E-state index in [1.165, 1.54) is 18.2 Å². The zero-order valence-electron chi connectivity index (χ0n) is 17.2. The van der Waals surface area contributed by atoms with Gasteiger partial charge in [-0.05, 0) is 22.9 Å². The van der Waals surface area contributed by atoms with Crippen molar-refractivity contribution < 1.29 is 21.6 Å². The van der Waals surface area contributed by atoms with E-state index in [1.807, 2.05) is 0 Å². The van der Waals surface area contributed by atoms with Crippen LogP contribution in [0.4, 0.5) is 0 Å². The van der Waals surface area contributed by atoms with Gasteiger partial charge in [0.2, 0.25) is 21.8 Å². The zero-order chi connectivity index (χ0) is 24.3. The number of amides is 1. The molecule has 2 aliphatic heterocycles. The molecule has 3 aliphatic rings. The van der Waals surface area contributed by atoms with Crippen molar-refractivity contribution in [2.24, 2.45) is 10.1 Å². The van der Waals surface area contributed by atoms with Crippen LogP contribution < -0.4 is 15.8 Å². The van der Waals surface area contributed by atoms with Crippen LogP contribution in [0.15, 0.2) is 50.7 Å². The summed E-state index contributed by atoms with van der Waals surface area (Å²) < 4.78 is 52.1. The maximum Gasteiger partial charge on any atom is 0.259 e. The number of primary sulfonamides is 1. The summed E-state index contributed by atoms with van der Waals surface area (Å²) in [5.41, 5.74) is 0.400. The number of H-pyrrole nitrogens is 1. The molecule has 1 aliphatic carbocycles. The largest absolute Gasteiger partial charge is 0.314 e. The standard InChI is InChI=1S/C18H17N9O5S2/c19-18-22-14-10(2-1-3-11(14)17(28)23-18)9-4-5-12(33(29,30)8-6-21-7-8)15(34(20,31)32)13(9)16-24-26-27-25-16/h1-5,8,10,21H,6-7H2,(H2,19,23,28)(H2,20,31,32)(H,24,25,26,27). The van der Waals surface area contributed by atoms with Crippen molar-refractivity contribution in [1.82, 2.24) is 31.3 Å². The fourth-order valence-electron chi connectivity index (χ4n) is 4.01. The van der Waals surface area contributed by atoms with Crippen LogP contribution in [0.25, 0.3) is 11.4 Å². The number of benzene rings is 1. The van der Waals surface area contributed by atoms with Crippen molar-refractivity contribution in [3.8, 4) is 11.4 Å². The third-order valence-electron chi connectivity index (χ3n) is 5.68. The summed E-state index contributed by atoms with van der Waals surface area (Å²) in [5.74, 6) is -1.97. The molecule has 1 aromatic carbocycles. The highest BCUT2D eigenvalue weighted by Gasteiger charge is 2.40. The fourth-order valence-corrected chi connectivity index (χ4v) is 7.20. The Hall–Kier alpha value is -3.60. The first-order chi connectivity index (χ1) is 16.1. The minimum Gasteiger partial charge on any atom is -0.314 e. The van der Waals surface area contributed by atoms with E-state index in [4.69, 9.17) is 10.5 Å². The number of sulfone groups is 1. The van der Waals surface area contributed by atoms with E-state index in [9.17, 15) is 21.6 Å². The van der Waals surface area contributed by atoms with Gasteiger partial charge in [-0.25, -0.2) is 27.0 Å². The Balaban J connectivity index is 1.82. The van der Waals surface area contributed by atoms with Gasteiger partial charge in [-0.2, -0.15) is 5.21 Å². The Morgan fingerprint density at radius 1 is 1.15 bits per heavy atom. The van der Waals surface area contributed by atoms with Crippen LogP contribution in [-0.2, 0) is 24.7 Å². The average molecular weight is 504 g/mol. The molecule has 1 atom stereocenters. The number of fused-ring (bicyclic) bond motifs is 1.